The van der Waals surface area contributed by atoms with Gasteiger partial charge in [0, 0.05) is 24.7 Å². The number of hydrogen-bond acceptors (Lipinski definition) is 3. The lowest BCUT2D eigenvalue weighted by atomic mass is 10.1. The van der Waals surface area contributed by atoms with Crippen LogP contribution in [-0.4, -0.2) is 40.5 Å². The van der Waals surface area contributed by atoms with Crippen LogP contribution in [0.1, 0.15) is 42.6 Å². The Morgan fingerprint density at radius 3 is 2.86 bits per heavy atom. The smallest absolute Gasteiger partial charge is 0.326 e. The average molecular weight is 290 g/mol. The molecule has 1 aromatic rings. The molecular formula is C16H22N2O3. The van der Waals surface area contributed by atoms with Gasteiger partial charge in [-0.15, -0.1) is 0 Å². The molecule has 0 bridgehead atoms. The van der Waals surface area contributed by atoms with Crippen LogP contribution < -0.4 is 5.32 Å². The molecule has 1 aliphatic heterocycles. The lowest BCUT2D eigenvalue weighted by Crippen LogP contribution is -2.40. The minimum atomic E-state index is -0.918. The summed E-state index contributed by atoms with van der Waals surface area (Å²) < 4.78 is 0. The molecule has 5 heteroatoms. The zero-order chi connectivity index (χ0) is 15.4. The number of amides is 1. The highest BCUT2D eigenvalue weighted by atomic mass is 16.4. The second-order valence-corrected chi connectivity index (χ2v) is 5.73. The first-order valence-electron chi connectivity index (χ1n) is 7.35. The molecule has 2 rings (SSSR count). The topological polar surface area (TPSA) is 69.6 Å². The van der Waals surface area contributed by atoms with E-state index in [0.29, 0.717) is 31.1 Å². The first kappa shape index (κ1) is 15.5. The lowest BCUT2D eigenvalue weighted by Gasteiger charge is -2.21. The molecule has 0 aliphatic carbocycles. The lowest BCUT2D eigenvalue weighted by molar-refractivity contribution is -0.141. The van der Waals surface area contributed by atoms with Gasteiger partial charge in [0.1, 0.15) is 6.04 Å². The zero-order valence-corrected chi connectivity index (χ0v) is 12.5. The number of nitrogens with one attached hydrogen (secondary N) is 1. The van der Waals surface area contributed by atoms with Gasteiger partial charge in [-0.05, 0) is 30.5 Å². The summed E-state index contributed by atoms with van der Waals surface area (Å²) in [5, 5.41) is 12.5. The number of carbonyl (C=O) groups is 2. The monoisotopic (exact) mass is 290 g/mol. The molecule has 21 heavy (non-hydrogen) atoms. The Morgan fingerprint density at radius 2 is 2.19 bits per heavy atom. The molecular weight excluding hydrogens is 268 g/mol. The van der Waals surface area contributed by atoms with Crippen LogP contribution >= 0.6 is 0 Å². The van der Waals surface area contributed by atoms with Crippen LogP contribution in [0.25, 0.3) is 0 Å². The molecule has 0 unspecified atom stereocenters. The van der Waals surface area contributed by atoms with Crippen LogP contribution in [0.3, 0.4) is 0 Å². The Hall–Kier alpha value is -1.88. The highest BCUT2D eigenvalue weighted by molar-refractivity contribution is 5.97. The van der Waals surface area contributed by atoms with Crippen LogP contribution in [0.5, 0.6) is 0 Å². The fourth-order valence-electron chi connectivity index (χ4n) is 2.57. The van der Waals surface area contributed by atoms with Crippen molar-refractivity contribution in [3.8, 4) is 0 Å². The van der Waals surface area contributed by atoms with Gasteiger partial charge >= 0.3 is 5.97 Å². The van der Waals surface area contributed by atoms with E-state index in [9.17, 15) is 14.7 Å². The molecule has 1 atom stereocenters. The van der Waals surface area contributed by atoms with E-state index in [1.807, 2.05) is 18.2 Å². The number of benzene rings is 1. The molecule has 0 spiro atoms. The summed E-state index contributed by atoms with van der Waals surface area (Å²) in [6.07, 6.45) is 1.28. The van der Waals surface area contributed by atoms with E-state index in [4.69, 9.17) is 0 Å². The van der Waals surface area contributed by atoms with Crippen LogP contribution in [0, 0.1) is 0 Å². The number of carbonyl (C=O) groups excluding carboxylic acids is 1. The zero-order valence-electron chi connectivity index (χ0n) is 12.5. The van der Waals surface area contributed by atoms with E-state index in [1.54, 1.807) is 6.07 Å². The van der Waals surface area contributed by atoms with Crippen molar-refractivity contribution in [2.75, 3.05) is 6.54 Å². The van der Waals surface area contributed by atoms with E-state index in [2.05, 4.69) is 19.2 Å². The summed E-state index contributed by atoms with van der Waals surface area (Å²) in [5.41, 5.74) is 1.59. The van der Waals surface area contributed by atoms with Gasteiger partial charge in [-0.3, -0.25) is 4.79 Å². The molecule has 0 radical (unpaired) electrons. The Bertz CT molecular complexity index is 528. The van der Waals surface area contributed by atoms with Gasteiger partial charge in [0.05, 0.1) is 0 Å². The largest absolute Gasteiger partial charge is 0.480 e. The second-order valence-electron chi connectivity index (χ2n) is 5.73. The molecule has 1 amide bonds. The highest BCUT2D eigenvalue weighted by Crippen LogP contribution is 2.20. The van der Waals surface area contributed by atoms with E-state index in [0.717, 1.165) is 12.0 Å². The average Bonchev–Trinajstić information content (AvgIpc) is 2.94. The number of carboxylic acids is 1. The molecule has 2 N–H and O–H groups in total. The van der Waals surface area contributed by atoms with E-state index in [-0.39, 0.29) is 5.91 Å². The van der Waals surface area contributed by atoms with Crippen LogP contribution in [0.15, 0.2) is 24.3 Å². The fraction of sp³-hybridized carbons (Fsp3) is 0.500. The summed E-state index contributed by atoms with van der Waals surface area (Å²) in [6, 6.07) is 7.09. The predicted molar refractivity (Wildman–Crippen MR) is 80.1 cm³/mol. The number of rotatable bonds is 5. The number of nitrogens with zero attached hydrogens (tertiary/aromatic N) is 1. The molecule has 1 heterocycles. The van der Waals surface area contributed by atoms with Gasteiger partial charge in [0.15, 0.2) is 0 Å². The molecule has 1 aromatic carbocycles. The van der Waals surface area contributed by atoms with Crippen molar-refractivity contribution in [1.82, 2.24) is 10.2 Å². The Balaban J connectivity index is 2.12. The standard InChI is InChI=1S/C16H22N2O3/c1-11(2)17-10-12-5-3-6-13(9-12)15(19)18-8-4-7-14(18)16(20)21/h3,5-6,9,11,14,17H,4,7-8,10H2,1-2H3,(H,20,21)/t14-/m1/s1. The first-order chi connectivity index (χ1) is 9.99. The Morgan fingerprint density at radius 1 is 1.43 bits per heavy atom. The van der Waals surface area contributed by atoms with Crippen molar-refractivity contribution >= 4 is 11.9 Å². The third kappa shape index (κ3) is 3.82. The number of likely N-dealkylation sites (tertiary alicyclic amines) is 1. The number of hydrogen-bond donors (Lipinski definition) is 2. The molecule has 0 saturated carbocycles. The third-order valence-electron chi connectivity index (χ3n) is 3.69. The normalized spacial score (nSPS) is 18.2. The SMILES string of the molecule is CC(C)NCc1cccc(C(=O)N2CCC[C@@H]2C(=O)O)c1. The molecule has 1 aliphatic rings. The van der Waals surface area contributed by atoms with Gasteiger partial charge < -0.3 is 15.3 Å². The molecule has 114 valence electrons. The van der Waals surface area contributed by atoms with Gasteiger partial charge in [-0.1, -0.05) is 26.0 Å². The summed E-state index contributed by atoms with van der Waals surface area (Å²) in [5.74, 6) is -1.11. The Kier molecular flexibility index (Phi) is 4.96. The Labute approximate surface area is 125 Å². The maximum absolute atomic E-state index is 12.5. The maximum Gasteiger partial charge on any atom is 0.326 e. The van der Waals surface area contributed by atoms with Crippen molar-refractivity contribution in [2.24, 2.45) is 0 Å². The first-order valence-corrected chi connectivity index (χ1v) is 7.35. The van der Waals surface area contributed by atoms with Crippen molar-refractivity contribution in [2.45, 2.75) is 45.3 Å². The predicted octanol–water partition coefficient (Wildman–Crippen LogP) is 1.87. The molecule has 1 fully saturated rings. The minimum Gasteiger partial charge on any atom is -0.480 e. The summed E-state index contributed by atoms with van der Waals surface area (Å²) in [7, 11) is 0. The third-order valence-corrected chi connectivity index (χ3v) is 3.69. The van der Waals surface area contributed by atoms with E-state index >= 15 is 0 Å². The minimum absolute atomic E-state index is 0.189. The van der Waals surface area contributed by atoms with Gasteiger partial charge in [-0.25, -0.2) is 4.79 Å². The number of aliphatic carboxylic acids is 1. The summed E-state index contributed by atoms with van der Waals surface area (Å²) in [6.45, 7) is 5.35. The van der Waals surface area contributed by atoms with Crippen LogP contribution in [-0.2, 0) is 11.3 Å². The molecule has 1 saturated heterocycles. The maximum atomic E-state index is 12.5. The second kappa shape index (κ2) is 6.72. The van der Waals surface area contributed by atoms with Crippen molar-refractivity contribution in [3.05, 3.63) is 35.4 Å². The van der Waals surface area contributed by atoms with Crippen LogP contribution in [0.2, 0.25) is 0 Å². The van der Waals surface area contributed by atoms with Crippen molar-refractivity contribution in [1.29, 1.82) is 0 Å². The van der Waals surface area contributed by atoms with Crippen LogP contribution in [0.4, 0.5) is 0 Å². The van der Waals surface area contributed by atoms with Gasteiger partial charge in [0.2, 0.25) is 0 Å². The van der Waals surface area contributed by atoms with Gasteiger partial charge in [0.25, 0.3) is 5.91 Å². The highest BCUT2D eigenvalue weighted by Gasteiger charge is 2.34. The summed E-state index contributed by atoms with van der Waals surface area (Å²) in [4.78, 5) is 25.2. The van der Waals surface area contributed by atoms with Crippen molar-refractivity contribution < 1.29 is 14.7 Å². The summed E-state index contributed by atoms with van der Waals surface area (Å²) >= 11 is 0. The van der Waals surface area contributed by atoms with E-state index in [1.165, 1.54) is 4.90 Å². The molecule has 5 nitrogen and oxygen atoms in total. The van der Waals surface area contributed by atoms with E-state index < -0.39 is 12.0 Å². The number of carboxylic acid groups (broad SMARTS) is 1. The van der Waals surface area contributed by atoms with Crippen molar-refractivity contribution in [3.63, 3.8) is 0 Å². The quantitative estimate of drug-likeness (QED) is 0.868. The fourth-order valence-corrected chi connectivity index (χ4v) is 2.57. The van der Waals surface area contributed by atoms with Gasteiger partial charge in [-0.2, -0.15) is 0 Å². The molecule has 0 aromatic heterocycles.